The summed E-state index contributed by atoms with van der Waals surface area (Å²) in [6.07, 6.45) is 2.97. The lowest BCUT2D eigenvalue weighted by Crippen LogP contribution is -2.26. The van der Waals surface area contributed by atoms with Gasteiger partial charge in [-0.3, -0.25) is 4.79 Å². The minimum absolute atomic E-state index is 0.153. The smallest absolute Gasteiger partial charge is 0.257 e. The van der Waals surface area contributed by atoms with Crippen LogP contribution in [0.2, 0.25) is 0 Å². The molecule has 1 aromatic carbocycles. The number of thioether (sulfide) groups is 1. The first-order valence-corrected chi connectivity index (χ1v) is 11.5. The van der Waals surface area contributed by atoms with Gasteiger partial charge in [0.2, 0.25) is 5.91 Å². The molecule has 1 amide bonds. The van der Waals surface area contributed by atoms with Gasteiger partial charge in [-0.2, -0.15) is 5.26 Å². The summed E-state index contributed by atoms with van der Waals surface area (Å²) in [6.45, 7) is 6.81. The Balaban J connectivity index is 1.44. The fraction of sp³-hybridized carbons (Fsp3) is 0.409. The third kappa shape index (κ3) is 4.19. The second-order valence-corrected chi connectivity index (χ2v) is 10.4. The number of benzene rings is 1. The van der Waals surface area contributed by atoms with Gasteiger partial charge in [-0.05, 0) is 48.3 Å². The van der Waals surface area contributed by atoms with E-state index in [-0.39, 0.29) is 17.1 Å². The van der Waals surface area contributed by atoms with Crippen LogP contribution in [0.5, 0.6) is 0 Å². The maximum absolute atomic E-state index is 12.5. The molecule has 4 rings (SSSR count). The molecule has 0 spiro atoms. The number of oxazole rings is 1. The number of hydrogen-bond acceptors (Lipinski definition) is 6. The van der Waals surface area contributed by atoms with Crippen LogP contribution in [0.15, 0.2) is 33.9 Å². The van der Waals surface area contributed by atoms with Gasteiger partial charge in [-0.15, -0.1) is 11.3 Å². The predicted molar refractivity (Wildman–Crippen MR) is 117 cm³/mol. The van der Waals surface area contributed by atoms with Crippen LogP contribution in [0.1, 0.15) is 43.2 Å². The topological polar surface area (TPSA) is 78.9 Å². The van der Waals surface area contributed by atoms with Crippen LogP contribution in [0.25, 0.3) is 11.1 Å². The van der Waals surface area contributed by atoms with E-state index in [9.17, 15) is 10.1 Å². The molecule has 0 saturated carbocycles. The first-order chi connectivity index (χ1) is 13.8. The summed E-state index contributed by atoms with van der Waals surface area (Å²) < 4.78 is 5.65. The molecule has 150 valence electrons. The molecule has 0 saturated heterocycles. The van der Waals surface area contributed by atoms with Crippen molar-refractivity contribution in [1.29, 1.82) is 5.26 Å². The number of rotatable bonds is 4. The molecule has 2 heterocycles. The van der Waals surface area contributed by atoms with Gasteiger partial charge in [0, 0.05) is 4.88 Å². The summed E-state index contributed by atoms with van der Waals surface area (Å²) in [4.78, 5) is 18.1. The number of carbonyl (C=O) groups is 1. The lowest BCUT2D eigenvalue weighted by Gasteiger charge is -2.33. The van der Waals surface area contributed by atoms with Crippen LogP contribution >= 0.6 is 23.1 Å². The minimum Gasteiger partial charge on any atom is -0.431 e. The summed E-state index contributed by atoms with van der Waals surface area (Å²) in [7, 11) is 0. The van der Waals surface area contributed by atoms with Gasteiger partial charge in [0.15, 0.2) is 5.58 Å². The van der Waals surface area contributed by atoms with Crippen LogP contribution in [0.4, 0.5) is 5.00 Å². The molecule has 3 aromatic rings. The highest BCUT2D eigenvalue weighted by molar-refractivity contribution is 7.99. The number of fused-ring (bicyclic) bond motifs is 2. The lowest BCUT2D eigenvalue weighted by molar-refractivity contribution is -0.113. The van der Waals surface area contributed by atoms with Crippen LogP contribution in [-0.4, -0.2) is 16.6 Å². The number of carbonyl (C=O) groups excluding carboxylic acids is 1. The van der Waals surface area contributed by atoms with E-state index in [0.717, 1.165) is 30.3 Å². The first-order valence-electron chi connectivity index (χ1n) is 9.68. The van der Waals surface area contributed by atoms with E-state index < -0.39 is 0 Å². The normalized spacial score (nSPS) is 16.4. The van der Waals surface area contributed by atoms with Gasteiger partial charge >= 0.3 is 0 Å². The Morgan fingerprint density at radius 2 is 2.21 bits per heavy atom. The molecule has 1 aliphatic rings. The van der Waals surface area contributed by atoms with E-state index in [1.54, 1.807) is 11.3 Å². The highest BCUT2D eigenvalue weighted by Crippen LogP contribution is 2.44. The molecule has 2 aromatic heterocycles. The number of para-hydroxylation sites is 2. The second kappa shape index (κ2) is 7.85. The van der Waals surface area contributed by atoms with Crippen LogP contribution in [-0.2, 0) is 17.6 Å². The largest absolute Gasteiger partial charge is 0.431 e. The third-order valence-corrected chi connectivity index (χ3v) is 7.45. The van der Waals surface area contributed by atoms with Crippen molar-refractivity contribution in [2.45, 2.75) is 45.3 Å². The van der Waals surface area contributed by atoms with Gasteiger partial charge in [0.1, 0.15) is 16.6 Å². The summed E-state index contributed by atoms with van der Waals surface area (Å²) >= 11 is 2.81. The maximum atomic E-state index is 12.5. The molecule has 29 heavy (non-hydrogen) atoms. The number of nitrogens with zero attached hydrogens (tertiary/aromatic N) is 2. The molecule has 0 fully saturated rings. The van der Waals surface area contributed by atoms with Gasteiger partial charge in [0.25, 0.3) is 5.22 Å². The minimum atomic E-state index is -0.153. The van der Waals surface area contributed by atoms with Crippen molar-refractivity contribution >= 4 is 45.1 Å². The lowest BCUT2D eigenvalue weighted by atomic mass is 9.72. The zero-order chi connectivity index (χ0) is 20.6. The number of nitriles is 1. The zero-order valence-electron chi connectivity index (χ0n) is 16.7. The van der Waals surface area contributed by atoms with E-state index in [1.807, 2.05) is 24.3 Å². The number of amides is 1. The van der Waals surface area contributed by atoms with Crippen molar-refractivity contribution < 1.29 is 9.21 Å². The number of thiophene rings is 1. The quantitative estimate of drug-likeness (QED) is 0.547. The second-order valence-electron chi connectivity index (χ2n) is 8.41. The Morgan fingerprint density at radius 3 is 2.93 bits per heavy atom. The Bertz CT molecular complexity index is 1070. The molecule has 5 nitrogen and oxygen atoms in total. The van der Waals surface area contributed by atoms with E-state index >= 15 is 0 Å². The average molecular weight is 426 g/mol. The summed E-state index contributed by atoms with van der Waals surface area (Å²) in [5.74, 6) is 0.628. The van der Waals surface area contributed by atoms with Crippen molar-refractivity contribution in [2.75, 3.05) is 11.1 Å². The van der Waals surface area contributed by atoms with Gasteiger partial charge < -0.3 is 9.73 Å². The molecule has 0 radical (unpaired) electrons. The molecule has 1 N–H and O–H groups in total. The summed E-state index contributed by atoms with van der Waals surface area (Å²) in [6, 6.07) is 9.83. The molecule has 1 aliphatic carbocycles. The highest BCUT2D eigenvalue weighted by Gasteiger charge is 2.32. The maximum Gasteiger partial charge on any atom is 0.257 e. The van der Waals surface area contributed by atoms with Gasteiger partial charge in [0.05, 0.1) is 11.3 Å². The molecular formula is C22H23N3O2S2. The predicted octanol–water partition coefficient (Wildman–Crippen LogP) is 5.64. The van der Waals surface area contributed by atoms with Crippen molar-refractivity contribution in [3.05, 3.63) is 40.3 Å². The van der Waals surface area contributed by atoms with E-state index in [4.69, 9.17) is 4.42 Å². The number of hydrogen-bond donors (Lipinski definition) is 1. The number of aromatic nitrogens is 1. The Morgan fingerprint density at radius 1 is 1.41 bits per heavy atom. The fourth-order valence-electron chi connectivity index (χ4n) is 3.73. The van der Waals surface area contributed by atoms with Crippen molar-refractivity contribution in [2.24, 2.45) is 11.3 Å². The zero-order valence-corrected chi connectivity index (χ0v) is 18.4. The molecule has 0 bridgehead atoms. The molecule has 0 unspecified atom stereocenters. The van der Waals surface area contributed by atoms with E-state index in [0.29, 0.717) is 27.3 Å². The van der Waals surface area contributed by atoms with Crippen molar-refractivity contribution in [3.63, 3.8) is 0 Å². The van der Waals surface area contributed by atoms with Crippen LogP contribution < -0.4 is 5.32 Å². The van der Waals surface area contributed by atoms with Gasteiger partial charge in [-0.1, -0.05) is 44.7 Å². The summed E-state index contributed by atoms with van der Waals surface area (Å²) in [5.41, 5.74) is 3.49. The van der Waals surface area contributed by atoms with E-state index in [1.165, 1.54) is 16.6 Å². The molecule has 1 atom stereocenters. The SMILES string of the molecule is CC(C)(C)[C@@H]1CCc2c(sc(NC(=O)CSc3nc4ccccc4o3)c2C#N)C1. The molecular weight excluding hydrogens is 402 g/mol. The highest BCUT2D eigenvalue weighted by atomic mass is 32.2. The van der Waals surface area contributed by atoms with Crippen molar-refractivity contribution in [1.82, 2.24) is 4.98 Å². The van der Waals surface area contributed by atoms with Gasteiger partial charge in [-0.25, -0.2) is 4.98 Å². The standard InChI is InChI=1S/C22H23N3O2S2/c1-22(2,3)13-8-9-14-15(11-23)20(29-18(14)10-13)25-19(26)12-28-21-24-16-6-4-5-7-17(16)27-21/h4-7,13H,8-10,12H2,1-3H3,(H,25,26)/t13-/m1/s1. The Kier molecular flexibility index (Phi) is 5.41. The third-order valence-electron chi connectivity index (χ3n) is 5.46. The van der Waals surface area contributed by atoms with E-state index in [2.05, 4.69) is 37.1 Å². The molecule has 0 aliphatic heterocycles. The fourth-order valence-corrected chi connectivity index (χ4v) is 5.67. The van der Waals surface area contributed by atoms with Crippen LogP contribution in [0, 0.1) is 22.7 Å². The Hall–Kier alpha value is -2.30. The number of anilines is 1. The summed E-state index contributed by atoms with van der Waals surface area (Å²) in [5, 5.41) is 13.8. The number of nitrogens with one attached hydrogen (secondary N) is 1. The first kappa shape index (κ1) is 20.0. The average Bonchev–Trinajstić information content (AvgIpc) is 3.25. The monoisotopic (exact) mass is 425 g/mol. The molecule has 7 heteroatoms. The van der Waals surface area contributed by atoms with Crippen molar-refractivity contribution in [3.8, 4) is 6.07 Å². The van der Waals surface area contributed by atoms with Crippen LogP contribution in [0.3, 0.4) is 0 Å². The Labute approximate surface area is 178 Å².